The van der Waals surface area contributed by atoms with Crippen LogP contribution in [0.25, 0.3) is 11.0 Å². The van der Waals surface area contributed by atoms with Crippen molar-refractivity contribution in [3.63, 3.8) is 0 Å². The van der Waals surface area contributed by atoms with Gasteiger partial charge in [0.15, 0.2) is 0 Å². The van der Waals surface area contributed by atoms with Crippen LogP contribution in [0.1, 0.15) is 23.4 Å². The number of carbonyl (C=O) groups is 1. The summed E-state index contributed by atoms with van der Waals surface area (Å²) in [7, 11) is 2.00. The van der Waals surface area contributed by atoms with Gasteiger partial charge in [-0.2, -0.15) is 0 Å². The van der Waals surface area contributed by atoms with Crippen LogP contribution in [-0.4, -0.2) is 45.2 Å². The first-order valence-electron chi connectivity index (χ1n) is 9.69. The Morgan fingerprint density at radius 3 is 2.75 bits per heavy atom. The van der Waals surface area contributed by atoms with Crippen molar-refractivity contribution >= 4 is 17.1 Å². The number of amides is 2. The summed E-state index contributed by atoms with van der Waals surface area (Å²) in [6.45, 7) is 3.36. The molecule has 2 aromatic carbocycles. The van der Waals surface area contributed by atoms with Crippen molar-refractivity contribution in [1.82, 2.24) is 19.8 Å². The molecule has 1 aromatic heterocycles. The van der Waals surface area contributed by atoms with Crippen LogP contribution >= 0.6 is 0 Å². The number of benzene rings is 2. The van der Waals surface area contributed by atoms with Crippen molar-refractivity contribution in [2.24, 2.45) is 7.05 Å². The molecule has 2 heterocycles. The average Bonchev–Trinajstić information content (AvgIpc) is 3.24. The van der Waals surface area contributed by atoms with Gasteiger partial charge in [-0.1, -0.05) is 36.4 Å². The second-order valence-corrected chi connectivity index (χ2v) is 7.58. The maximum Gasteiger partial charge on any atom is 0.317 e. The Balaban J connectivity index is 1.36. The van der Waals surface area contributed by atoms with Crippen molar-refractivity contribution in [3.05, 3.63) is 65.5 Å². The molecule has 1 atom stereocenters. The summed E-state index contributed by atoms with van der Waals surface area (Å²) >= 11 is 0. The van der Waals surface area contributed by atoms with Gasteiger partial charge in [0, 0.05) is 26.6 Å². The molecule has 1 aliphatic rings. The molecule has 6 nitrogen and oxygen atoms in total. The normalized spacial score (nSPS) is 19.3. The molecule has 2 N–H and O–H groups in total. The summed E-state index contributed by atoms with van der Waals surface area (Å²) in [5, 5.41) is 14.0. The zero-order valence-corrected chi connectivity index (χ0v) is 16.4. The third-order valence-electron chi connectivity index (χ3n) is 5.69. The molecule has 28 heavy (non-hydrogen) atoms. The molecule has 1 saturated heterocycles. The molecule has 3 aromatic rings. The minimum Gasteiger partial charge on any atom is -0.383 e. The minimum atomic E-state index is -0.972. The Labute approximate surface area is 164 Å². The van der Waals surface area contributed by atoms with Crippen LogP contribution in [0.3, 0.4) is 0 Å². The number of rotatable bonds is 4. The average molecular weight is 378 g/mol. The van der Waals surface area contributed by atoms with E-state index in [-0.39, 0.29) is 6.03 Å². The number of imidazole rings is 1. The molecular weight excluding hydrogens is 352 g/mol. The van der Waals surface area contributed by atoms with E-state index in [0.717, 1.165) is 28.0 Å². The van der Waals surface area contributed by atoms with Crippen LogP contribution in [0.2, 0.25) is 0 Å². The summed E-state index contributed by atoms with van der Waals surface area (Å²) in [4.78, 5) is 18.9. The zero-order chi connectivity index (χ0) is 19.7. The minimum absolute atomic E-state index is 0.136. The standard InChI is InChI=1S/C22H26N4O2/c1-16-7-3-4-8-17(16)22(28)12-14-26(15-22)21(27)23-13-11-20-24-18-9-5-6-10-19(18)25(20)2/h3-10,28H,11-15H2,1-2H3,(H,23,27). The predicted molar refractivity (Wildman–Crippen MR) is 109 cm³/mol. The lowest BCUT2D eigenvalue weighted by Crippen LogP contribution is -2.41. The number of β-amino-alcohol motifs (C(OH)–C–C–N with tert-alkyl or cyclic N) is 1. The summed E-state index contributed by atoms with van der Waals surface area (Å²) < 4.78 is 2.06. The molecule has 0 spiro atoms. The van der Waals surface area contributed by atoms with E-state index in [2.05, 4.69) is 14.9 Å². The highest BCUT2D eigenvalue weighted by molar-refractivity contribution is 5.76. The maximum atomic E-state index is 12.6. The molecule has 0 bridgehead atoms. The van der Waals surface area contributed by atoms with Gasteiger partial charge in [-0.3, -0.25) is 0 Å². The number of carbonyl (C=O) groups excluding carboxylic acids is 1. The second kappa shape index (κ2) is 7.28. The van der Waals surface area contributed by atoms with Crippen LogP contribution in [-0.2, 0) is 19.1 Å². The third kappa shape index (κ3) is 3.36. The number of hydrogen-bond acceptors (Lipinski definition) is 3. The number of para-hydroxylation sites is 2. The van der Waals surface area contributed by atoms with E-state index in [4.69, 9.17) is 0 Å². The smallest absolute Gasteiger partial charge is 0.317 e. The number of nitrogens with one attached hydrogen (secondary N) is 1. The lowest BCUT2D eigenvalue weighted by molar-refractivity contribution is 0.0488. The maximum absolute atomic E-state index is 12.6. The van der Waals surface area contributed by atoms with Crippen molar-refractivity contribution in [1.29, 1.82) is 0 Å². The topological polar surface area (TPSA) is 70.4 Å². The molecule has 0 aliphatic carbocycles. The number of nitrogens with zero attached hydrogens (tertiary/aromatic N) is 3. The number of urea groups is 1. The Kier molecular flexibility index (Phi) is 4.81. The fraction of sp³-hybridized carbons (Fsp3) is 0.364. The van der Waals surface area contributed by atoms with E-state index in [1.54, 1.807) is 4.90 Å². The quantitative estimate of drug-likeness (QED) is 0.733. The molecule has 1 aliphatic heterocycles. The van der Waals surface area contributed by atoms with Crippen LogP contribution in [0.4, 0.5) is 4.79 Å². The first-order chi connectivity index (χ1) is 13.5. The van der Waals surface area contributed by atoms with Crippen molar-refractivity contribution in [3.8, 4) is 0 Å². The van der Waals surface area contributed by atoms with Gasteiger partial charge in [-0.05, 0) is 36.6 Å². The lowest BCUT2D eigenvalue weighted by Gasteiger charge is -2.25. The summed E-state index contributed by atoms with van der Waals surface area (Å²) in [5.74, 6) is 0.944. The van der Waals surface area contributed by atoms with E-state index in [1.165, 1.54) is 0 Å². The van der Waals surface area contributed by atoms with Crippen LogP contribution in [0.15, 0.2) is 48.5 Å². The summed E-state index contributed by atoms with van der Waals surface area (Å²) in [6, 6.07) is 15.7. The highest BCUT2D eigenvalue weighted by Gasteiger charge is 2.40. The van der Waals surface area contributed by atoms with Gasteiger partial charge in [-0.15, -0.1) is 0 Å². The molecule has 4 rings (SSSR count). The summed E-state index contributed by atoms with van der Waals surface area (Å²) in [6.07, 6.45) is 1.21. The van der Waals surface area contributed by atoms with E-state index in [9.17, 15) is 9.90 Å². The van der Waals surface area contributed by atoms with Gasteiger partial charge in [0.25, 0.3) is 0 Å². The molecule has 0 radical (unpaired) electrons. The van der Waals surface area contributed by atoms with Gasteiger partial charge in [0.05, 0.1) is 17.6 Å². The number of likely N-dealkylation sites (tertiary alicyclic amines) is 1. The predicted octanol–water partition coefficient (Wildman–Crippen LogP) is 2.73. The molecule has 1 unspecified atom stereocenters. The number of aromatic nitrogens is 2. The van der Waals surface area contributed by atoms with Gasteiger partial charge in [0.1, 0.15) is 11.4 Å². The SMILES string of the molecule is Cc1ccccc1C1(O)CCN(C(=O)NCCc2nc3ccccc3n2C)C1. The highest BCUT2D eigenvalue weighted by atomic mass is 16.3. The van der Waals surface area contributed by atoms with Crippen LogP contribution < -0.4 is 5.32 Å². The number of aryl methyl sites for hydroxylation is 2. The number of hydrogen-bond donors (Lipinski definition) is 2. The van der Waals surface area contributed by atoms with Crippen molar-refractivity contribution < 1.29 is 9.90 Å². The monoisotopic (exact) mass is 378 g/mol. The van der Waals surface area contributed by atoms with E-state index >= 15 is 0 Å². The Morgan fingerprint density at radius 1 is 1.21 bits per heavy atom. The van der Waals surface area contributed by atoms with Gasteiger partial charge >= 0.3 is 6.03 Å². The first-order valence-corrected chi connectivity index (χ1v) is 9.69. The highest BCUT2D eigenvalue weighted by Crippen LogP contribution is 2.33. The fourth-order valence-corrected chi connectivity index (χ4v) is 4.09. The van der Waals surface area contributed by atoms with Crippen LogP contribution in [0.5, 0.6) is 0 Å². The molecule has 146 valence electrons. The molecule has 2 amide bonds. The zero-order valence-electron chi connectivity index (χ0n) is 16.4. The van der Waals surface area contributed by atoms with E-state index < -0.39 is 5.60 Å². The second-order valence-electron chi connectivity index (χ2n) is 7.58. The van der Waals surface area contributed by atoms with E-state index in [1.807, 2.05) is 62.5 Å². The Hall–Kier alpha value is -2.86. The molecule has 6 heteroatoms. The van der Waals surface area contributed by atoms with Gasteiger partial charge in [-0.25, -0.2) is 9.78 Å². The van der Waals surface area contributed by atoms with Crippen LogP contribution in [0, 0.1) is 6.92 Å². The van der Waals surface area contributed by atoms with Gasteiger partial charge < -0.3 is 19.9 Å². The lowest BCUT2D eigenvalue weighted by atomic mass is 9.89. The number of aliphatic hydroxyl groups is 1. The Morgan fingerprint density at radius 2 is 1.96 bits per heavy atom. The van der Waals surface area contributed by atoms with Crippen molar-refractivity contribution in [2.45, 2.75) is 25.4 Å². The Bertz CT molecular complexity index is 1010. The third-order valence-corrected chi connectivity index (χ3v) is 5.69. The number of fused-ring (bicyclic) bond motifs is 1. The van der Waals surface area contributed by atoms with Crippen molar-refractivity contribution in [2.75, 3.05) is 19.6 Å². The molecular formula is C22H26N4O2. The molecule has 1 fully saturated rings. The summed E-state index contributed by atoms with van der Waals surface area (Å²) in [5.41, 5.74) is 3.04. The fourth-order valence-electron chi connectivity index (χ4n) is 4.09. The first kappa shape index (κ1) is 18.5. The van der Waals surface area contributed by atoms with E-state index in [0.29, 0.717) is 32.5 Å². The largest absolute Gasteiger partial charge is 0.383 e. The molecule has 0 saturated carbocycles. The van der Waals surface area contributed by atoms with Gasteiger partial charge in [0.2, 0.25) is 0 Å².